The van der Waals surface area contributed by atoms with Gasteiger partial charge < -0.3 is 20.1 Å². The summed E-state index contributed by atoms with van der Waals surface area (Å²) in [7, 11) is 1.65. The Kier molecular flexibility index (Phi) is 7.60. The zero-order chi connectivity index (χ0) is 13.7. The maximum atomic E-state index is 5.99. The molecule has 1 aliphatic heterocycles. The highest BCUT2D eigenvalue weighted by Crippen LogP contribution is 2.29. The average molecular weight is 456 g/mol. The Labute approximate surface area is 144 Å². The summed E-state index contributed by atoms with van der Waals surface area (Å²) in [5, 5.41) is 0. The van der Waals surface area contributed by atoms with E-state index >= 15 is 0 Å². The largest absolute Gasteiger partial charge is 0.495 e. The van der Waals surface area contributed by atoms with Crippen LogP contribution < -0.4 is 10.5 Å². The molecule has 5 nitrogen and oxygen atoms in total. The number of para-hydroxylation sites is 1. The van der Waals surface area contributed by atoms with E-state index in [4.69, 9.17) is 15.2 Å². The quantitative estimate of drug-likeness (QED) is 0.431. The third kappa shape index (κ3) is 4.49. The summed E-state index contributed by atoms with van der Waals surface area (Å²) in [5.41, 5.74) is 7.00. The Hall–Kier alpha value is -0.540. The number of rotatable bonds is 3. The highest BCUT2D eigenvalue weighted by molar-refractivity contribution is 14.0. The van der Waals surface area contributed by atoms with Gasteiger partial charge in [-0.15, -0.1) is 24.0 Å². The van der Waals surface area contributed by atoms with Crippen LogP contribution in [0.25, 0.3) is 0 Å². The summed E-state index contributed by atoms with van der Waals surface area (Å²) >= 11 is 3.46. The van der Waals surface area contributed by atoms with Crippen molar-refractivity contribution in [1.29, 1.82) is 0 Å². The maximum Gasteiger partial charge on any atom is 0.191 e. The van der Waals surface area contributed by atoms with Crippen LogP contribution in [0.2, 0.25) is 0 Å². The lowest BCUT2D eigenvalue weighted by Gasteiger charge is -2.27. The van der Waals surface area contributed by atoms with Gasteiger partial charge in [0.1, 0.15) is 5.75 Å². The molecule has 1 aromatic rings. The van der Waals surface area contributed by atoms with Crippen molar-refractivity contribution < 1.29 is 9.47 Å². The molecule has 112 valence electrons. The van der Waals surface area contributed by atoms with Crippen molar-refractivity contribution in [2.75, 3.05) is 33.4 Å². The van der Waals surface area contributed by atoms with Gasteiger partial charge in [-0.05, 0) is 22.0 Å². The van der Waals surface area contributed by atoms with E-state index in [1.165, 1.54) is 0 Å². The van der Waals surface area contributed by atoms with Gasteiger partial charge in [-0.2, -0.15) is 0 Å². The predicted molar refractivity (Wildman–Crippen MR) is 93.8 cm³/mol. The fourth-order valence-electron chi connectivity index (χ4n) is 1.97. The van der Waals surface area contributed by atoms with E-state index in [1.807, 2.05) is 23.1 Å². The van der Waals surface area contributed by atoms with Crippen molar-refractivity contribution in [3.8, 4) is 5.75 Å². The van der Waals surface area contributed by atoms with Gasteiger partial charge in [-0.1, -0.05) is 12.1 Å². The number of aliphatic imine (C=N–C) groups is 1. The van der Waals surface area contributed by atoms with Crippen LogP contribution in [0.1, 0.15) is 5.56 Å². The summed E-state index contributed by atoms with van der Waals surface area (Å²) in [4.78, 5) is 6.47. The second kappa shape index (κ2) is 8.68. The molecule has 1 fully saturated rings. The van der Waals surface area contributed by atoms with Crippen LogP contribution in [-0.2, 0) is 11.3 Å². The van der Waals surface area contributed by atoms with E-state index in [0.717, 1.165) is 28.9 Å². The highest BCUT2D eigenvalue weighted by Gasteiger charge is 2.12. The number of morpholine rings is 1. The van der Waals surface area contributed by atoms with Gasteiger partial charge in [0.15, 0.2) is 5.96 Å². The number of nitrogens with two attached hydrogens (primary N) is 1. The first-order valence-electron chi connectivity index (χ1n) is 6.16. The number of halogens is 2. The summed E-state index contributed by atoms with van der Waals surface area (Å²) in [6.45, 7) is 3.51. The smallest absolute Gasteiger partial charge is 0.191 e. The Balaban J connectivity index is 0.00000200. The molecule has 1 aliphatic rings. The third-order valence-corrected chi connectivity index (χ3v) is 3.62. The molecule has 0 aromatic heterocycles. The lowest BCUT2D eigenvalue weighted by Crippen LogP contribution is -2.44. The van der Waals surface area contributed by atoms with Crippen LogP contribution in [0.15, 0.2) is 27.7 Å². The monoisotopic (exact) mass is 455 g/mol. The van der Waals surface area contributed by atoms with Crippen molar-refractivity contribution in [2.24, 2.45) is 10.7 Å². The molecule has 1 saturated heterocycles. The molecule has 0 spiro atoms. The molecule has 20 heavy (non-hydrogen) atoms. The minimum Gasteiger partial charge on any atom is -0.495 e. The molecule has 7 heteroatoms. The Morgan fingerprint density at radius 1 is 1.45 bits per heavy atom. The van der Waals surface area contributed by atoms with Crippen LogP contribution in [0, 0.1) is 0 Å². The Bertz CT molecular complexity index is 465. The SMILES string of the molecule is COc1c(Br)cccc1CN=C(N)N1CCOCC1.I. The van der Waals surface area contributed by atoms with E-state index in [0.29, 0.717) is 25.7 Å². The van der Waals surface area contributed by atoms with Crippen molar-refractivity contribution in [3.63, 3.8) is 0 Å². The average Bonchev–Trinajstić information content (AvgIpc) is 2.45. The first-order valence-corrected chi connectivity index (χ1v) is 6.95. The molecule has 0 radical (unpaired) electrons. The minimum atomic E-state index is 0. The van der Waals surface area contributed by atoms with E-state index < -0.39 is 0 Å². The molecule has 0 bridgehead atoms. The zero-order valence-electron chi connectivity index (χ0n) is 11.3. The molecule has 0 saturated carbocycles. The van der Waals surface area contributed by atoms with Gasteiger partial charge in [-0.3, -0.25) is 0 Å². The van der Waals surface area contributed by atoms with Crippen LogP contribution in [0.4, 0.5) is 0 Å². The van der Waals surface area contributed by atoms with Crippen LogP contribution in [0.5, 0.6) is 5.75 Å². The van der Waals surface area contributed by atoms with E-state index in [2.05, 4.69) is 20.9 Å². The fraction of sp³-hybridized carbons (Fsp3) is 0.462. The lowest BCUT2D eigenvalue weighted by atomic mass is 10.2. The number of nitrogens with zero attached hydrogens (tertiary/aromatic N) is 2. The number of ether oxygens (including phenoxy) is 2. The topological polar surface area (TPSA) is 60.1 Å². The standard InChI is InChI=1S/C13H18BrN3O2.HI/c1-18-12-10(3-2-4-11(12)14)9-16-13(15)17-5-7-19-8-6-17;/h2-4H,5-9H2,1H3,(H2,15,16);1H. The summed E-state index contributed by atoms with van der Waals surface area (Å²) in [5.74, 6) is 1.37. The molecule has 1 heterocycles. The number of hydrogen-bond acceptors (Lipinski definition) is 3. The normalized spacial score (nSPS) is 15.7. The van der Waals surface area contributed by atoms with Crippen molar-refractivity contribution >= 4 is 45.9 Å². The Morgan fingerprint density at radius 2 is 2.15 bits per heavy atom. The summed E-state index contributed by atoms with van der Waals surface area (Å²) in [6, 6.07) is 5.89. The maximum absolute atomic E-state index is 5.99. The van der Waals surface area contributed by atoms with Crippen LogP contribution in [-0.4, -0.2) is 44.3 Å². The van der Waals surface area contributed by atoms with Crippen molar-refractivity contribution in [1.82, 2.24) is 4.90 Å². The Morgan fingerprint density at radius 3 is 2.80 bits per heavy atom. The van der Waals surface area contributed by atoms with Gasteiger partial charge in [0.2, 0.25) is 0 Å². The third-order valence-electron chi connectivity index (χ3n) is 3.00. The number of benzene rings is 1. The molecular weight excluding hydrogens is 437 g/mol. The number of methoxy groups -OCH3 is 1. The van der Waals surface area contributed by atoms with Crippen molar-refractivity contribution in [3.05, 3.63) is 28.2 Å². The fourth-order valence-corrected chi connectivity index (χ4v) is 2.53. The van der Waals surface area contributed by atoms with E-state index in [9.17, 15) is 0 Å². The molecule has 0 unspecified atom stereocenters. The summed E-state index contributed by atoms with van der Waals surface area (Å²) < 4.78 is 11.6. The highest BCUT2D eigenvalue weighted by atomic mass is 127. The lowest BCUT2D eigenvalue weighted by molar-refractivity contribution is 0.0674. The predicted octanol–water partition coefficient (Wildman–Crippen LogP) is 2.22. The molecule has 2 rings (SSSR count). The first-order chi connectivity index (χ1) is 9.22. The molecule has 0 atom stereocenters. The van der Waals surface area contributed by atoms with E-state index in [-0.39, 0.29) is 24.0 Å². The molecule has 2 N–H and O–H groups in total. The van der Waals surface area contributed by atoms with Gasteiger partial charge >= 0.3 is 0 Å². The molecule has 0 aliphatic carbocycles. The van der Waals surface area contributed by atoms with Crippen molar-refractivity contribution in [2.45, 2.75) is 6.54 Å². The van der Waals surface area contributed by atoms with E-state index in [1.54, 1.807) is 7.11 Å². The van der Waals surface area contributed by atoms with Crippen LogP contribution in [0.3, 0.4) is 0 Å². The molecule has 0 amide bonds. The molecular formula is C13H19BrIN3O2. The second-order valence-corrected chi connectivity index (χ2v) is 5.06. The van der Waals surface area contributed by atoms with Gasteiger partial charge in [0, 0.05) is 18.7 Å². The zero-order valence-corrected chi connectivity index (χ0v) is 15.3. The van der Waals surface area contributed by atoms with Crippen LogP contribution >= 0.6 is 39.9 Å². The number of hydrogen-bond donors (Lipinski definition) is 1. The molecule has 1 aromatic carbocycles. The van der Waals surface area contributed by atoms with Gasteiger partial charge in [0.25, 0.3) is 0 Å². The van der Waals surface area contributed by atoms with Gasteiger partial charge in [0.05, 0.1) is 31.3 Å². The summed E-state index contributed by atoms with van der Waals surface area (Å²) in [6.07, 6.45) is 0. The minimum absolute atomic E-state index is 0. The first kappa shape index (κ1) is 17.5. The second-order valence-electron chi connectivity index (χ2n) is 4.21. The van der Waals surface area contributed by atoms with Gasteiger partial charge in [-0.25, -0.2) is 4.99 Å². The number of guanidine groups is 1.